The highest BCUT2D eigenvalue weighted by Crippen LogP contribution is 2.25. The maximum atomic E-state index is 12.4. The highest BCUT2D eigenvalue weighted by Gasteiger charge is 2.48. The topological polar surface area (TPSA) is 129 Å². The lowest BCUT2D eigenvalue weighted by molar-refractivity contribution is -0.136. The Morgan fingerprint density at radius 2 is 1.83 bits per heavy atom. The van der Waals surface area contributed by atoms with Gasteiger partial charge >= 0.3 is 6.03 Å². The molecule has 1 aromatic rings. The van der Waals surface area contributed by atoms with Gasteiger partial charge in [-0.3, -0.25) is 9.69 Å². The second-order valence-corrected chi connectivity index (χ2v) is 7.01. The van der Waals surface area contributed by atoms with E-state index in [2.05, 4.69) is 10.3 Å². The summed E-state index contributed by atoms with van der Waals surface area (Å²) in [5, 5.41) is 32.2. The Morgan fingerprint density at radius 3 is 2.48 bits per heavy atom. The van der Waals surface area contributed by atoms with E-state index in [1.54, 1.807) is 13.4 Å². The lowest BCUT2D eigenvalue weighted by Crippen LogP contribution is -2.63. The summed E-state index contributed by atoms with van der Waals surface area (Å²) in [6, 6.07) is 3.13. The van der Waals surface area contributed by atoms with E-state index in [0.29, 0.717) is 25.1 Å². The molecule has 1 saturated heterocycles. The molecule has 160 valence electrons. The monoisotopic (exact) mass is 427 g/mol. The molecule has 0 aromatic heterocycles. The molecule has 1 fully saturated rings. The van der Waals surface area contributed by atoms with Crippen LogP contribution in [0.25, 0.3) is 0 Å². The first kappa shape index (κ1) is 22.7. The molecule has 3 unspecified atom stereocenters. The summed E-state index contributed by atoms with van der Waals surface area (Å²) in [6.07, 6.45) is 0.941. The second kappa shape index (κ2) is 9.29. The quantitative estimate of drug-likeness (QED) is 0.454. The number of nitrogens with one attached hydrogen (secondary N) is 1. The zero-order valence-electron chi connectivity index (χ0n) is 16.2. The third-order valence-corrected chi connectivity index (χ3v) is 4.99. The summed E-state index contributed by atoms with van der Waals surface area (Å²) in [5.74, 6) is -0.484. The van der Waals surface area contributed by atoms with Crippen molar-refractivity contribution < 1.29 is 24.9 Å². The number of hydrogen-bond acceptors (Lipinski definition) is 8. The molecule has 3 rings (SSSR count). The number of aliphatic hydroxyl groups excluding tert-OH is 1. The van der Waals surface area contributed by atoms with Gasteiger partial charge in [0.1, 0.15) is 11.5 Å². The smallest absolute Gasteiger partial charge is 0.328 e. The first-order valence-electron chi connectivity index (χ1n) is 9.04. The van der Waals surface area contributed by atoms with Crippen LogP contribution >= 0.6 is 12.4 Å². The van der Waals surface area contributed by atoms with Crippen LogP contribution in [-0.4, -0.2) is 94.2 Å². The van der Waals surface area contributed by atoms with Crippen LogP contribution in [-0.2, 0) is 4.79 Å². The first-order valence-corrected chi connectivity index (χ1v) is 9.04. The average Bonchev–Trinajstić information content (AvgIpc) is 3.07. The van der Waals surface area contributed by atoms with Crippen LogP contribution in [0, 0.1) is 0 Å². The van der Waals surface area contributed by atoms with Crippen molar-refractivity contribution in [2.45, 2.75) is 24.7 Å². The molecule has 29 heavy (non-hydrogen) atoms. The molecular formula is C18H26ClN5O5. The minimum absolute atomic E-state index is 0. The number of fused-ring (bicyclic) bond motifs is 1. The third-order valence-electron chi connectivity index (χ3n) is 4.99. The summed E-state index contributed by atoms with van der Waals surface area (Å²) >= 11 is 0. The molecule has 0 spiro atoms. The van der Waals surface area contributed by atoms with E-state index in [1.807, 2.05) is 4.90 Å². The zero-order valence-corrected chi connectivity index (χ0v) is 17.0. The molecule has 3 atom stereocenters. The van der Waals surface area contributed by atoms with Crippen LogP contribution in [0.2, 0.25) is 0 Å². The number of likely N-dealkylation sites (N-methyl/N-ethyl adjacent to an activating group) is 2. The van der Waals surface area contributed by atoms with Crippen molar-refractivity contribution in [3.63, 3.8) is 0 Å². The number of imide groups is 1. The van der Waals surface area contributed by atoms with Gasteiger partial charge in [0.25, 0.3) is 5.91 Å². The SMILES string of the molecule is CN1C(=O)C2C(N=CN2CCCNCC(O)c2cc(O)cc(O)c2)N(C)C1=O.Cl. The summed E-state index contributed by atoms with van der Waals surface area (Å²) < 4.78 is 0. The number of aromatic hydroxyl groups is 2. The Morgan fingerprint density at radius 1 is 1.17 bits per heavy atom. The Labute approximate surface area is 174 Å². The molecule has 0 bridgehead atoms. The highest BCUT2D eigenvalue weighted by atomic mass is 35.5. The number of nitrogens with zero attached hydrogens (tertiary/aromatic N) is 4. The van der Waals surface area contributed by atoms with Crippen LogP contribution in [0.3, 0.4) is 0 Å². The Bertz CT molecular complexity index is 772. The van der Waals surface area contributed by atoms with Crippen molar-refractivity contribution in [1.29, 1.82) is 0 Å². The van der Waals surface area contributed by atoms with Crippen molar-refractivity contribution in [1.82, 2.24) is 20.0 Å². The van der Waals surface area contributed by atoms with Crippen LogP contribution < -0.4 is 5.32 Å². The van der Waals surface area contributed by atoms with Crippen molar-refractivity contribution in [2.75, 3.05) is 33.7 Å². The summed E-state index contributed by atoms with van der Waals surface area (Å²) in [7, 11) is 3.10. The predicted molar refractivity (Wildman–Crippen MR) is 108 cm³/mol. The van der Waals surface area contributed by atoms with E-state index in [0.717, 1.165) is 4.90 Å². The largest absolute Gasteiger partial charge is 0.508 e. The van der Waals surface area contributed by atoms with Gasteiger partial charge in [0.05, 0.1) is 12.4 Å². The molecular weight excluding hydrogens is 402 g/mol. The number of aliphatic imine (C=N–C) groups is 1. The van der Waals surface area contributed by atoms with Crippen LogP contribution in [0.1, 0.15) is 18.1 Å². The lowest BCUT2D eigenvalue weighted by Gasteiger charge is -2.39. The van der Waals surface area contributed by atoms with Gasteiger partial charge < -0.3 is 30.4 Å². The van der Waals surface area contributed by atoms with Crippen molar-refractivity contribution >= 4 is 30.7 Å². The number of aliphatic hydroxyl groups is 1. The van der Waals surface area contributed by atoms with Crippen molar-refractivity contribution in [3.8, 4) is 11.5 Å². The first-order chi connectivity index (χ1) is 13.3. The van der Waals surface area contributed by atoms with E-state index in [4.69, 9.17) is 0 Å². The molecule has 0 radical (unpaired) electrons. The van der Waals surface area contributed by atoms with E-state index in [-0.39, 0.29) is 42.4 Å². The minimum atomic E-state index is -0.871. The van der Waals surface area contributed by atoms with Crippen molar-refractivity contribution in [2.24, 2.45) is 4.99 Å². The number of halogens is 1. The standard InChI is InChI=1S/C18H25N5O5.ClH/c1-21-16-15(17(27)22(2)18(21)28)23(10-20-16)5-3-4-19-9-14(26)11-6-12(24)8-13(25)7-11;/h6-8,10,14-16,19,24-26H,3-5,9H2,1-2H3;1H. The van der Waals surface area contributed by atoms with E-state index in [9.17, 15) is 24.9 Å². The van der Waals surface area contributed by atoms with Gasteiger partial charge in [0.15, 0.2) is 12.2 Å². The molecule has 2 heterocycles. The number of benzene rings is 1. The minimum Gasteiger partial charge on any atom is -0.508 e. The number of carbonyl (C=O) groups excluding carboxylic acids is 2. The van der Waals surface area contributed by atoms with E-state index >= 15 is 0 Å². The van der Waals surface area contributed by atoms with Gasteiger partial charge in [0.2, 0.25) is 0 Å². The fourth-order valence-electron chi connectivity index (χ4n) is 3.45. The van der Waals surface area contributed by atoms with E-state index < -0.39 is 18.3 Å². The number of amides is 3. The van der Waals surface area contributed by atoms with E-state index in [1.165, 1.54) is 30.1 Å². The molecule has 3 amide bonds. The fraction of sp³-hybridized carbons (Fsp3) is 0.500. The fourth-order valence-corrected chi connectivity index (χ4v) is 3.45. The highest BCUT2D eigenvalue weighted by molar-refractivity contribution is 6.01. The molecule has 2 aliphatic heterocycles. The number of phenolic OH excluding ortho intramolecular Hbond substituents is 2. The Balaban J connectivity index is 0.00000300. The Hall–Kier alpha value is -2.56. The van der Waals surface area contributed by atoms with Crippen molar-refractivity contribution in [3.05, 3.63) is 23.8 Å². The average molecular weight is 428 g/mol. The zero-order chi connectivity index (χ0) is 20.4. The summed E-state index contributed by atoms with van der Waals surface area (Å²) in [4.78, 5) is 33.1. The lowest BCUT2D eigenvalue weighted by atomic mass is 10.1. The molecule has 11 heteroatoms. The Kier molecular flexibility index (Phi) is 7.28. The molecule has 4 N–H and O–H groups in total. The van der Waals surface area contributed by atoms with Gasteiger partial charge in [-0.05, 0) is 30.7 Å². The van der Waals surface area contributed by atoms with Gasteiger partial charge in [-0.15, -0.1) is 12.4 Å². The molecule has 10 nitrogen and oxygen atoms in total. The van der Waals surface area contributed by atoms with Gasteiger partial charge in [-0.25, -0.2) is 9.79 Å². The number of carbonyl (C=O) groups is 2. The second-order valence-electron chi connectivity index (χ2n) is 7.01. The van der Waals surface area contributed by atoms with Gasteiger partial charge in [0, 0.05) is 33.3 Å². The normalized spacial score (nSPS) is 22.0. The summed E-state index contributed by atoms with van der Waals surface area (Å²) in [6.45, 7) is 1.41. The third kappa shape index (κ3) is 4.72. The molecule has 2 aliphatic rings. The maximum absolute atomic E-state index is 12.4. The number of hydrogen-bond donors (Lipinski definition) is 4. The van der Waals surface area contributed by atoms with Crippen LogP contribution in [0.5, 0.6) is 11.5 Å². The maximum Gasteiger partial charge on any atom is 0.328 e. The number of rotatable bonds is 7. The number of urea groups is 1. The van der Waals surface area contributed by atoms with Gasteiger partial charge in [-0.2, -0.15) is 0 Å². The molecule has 0 aliphatic carbocycles. The van der Waals surface area contributed by atoms with Gasteiger partial charge in [-0.1, -0.05) is 0 Å². The number of phenols is 2. The van der Waals surface area contributed by atoms with Crippen LogP contribution in [0.15, 0.2) is 23.2 Å². The van der Waals surface area contributed by atoms with Crippen LogP contribution in [0.4, 0.5) is 4.79 Å². The predicted octanol–water partition coefficient (Wildman–Crippen LogP) is 0.0951. The summed E-state index contributed by atoms with van der Waals surface area (Å²) in [5.41, 5.74) is 0.420. The molecule has 0 saturated carbocycles. The molecule has 1 aromatic carbocycles.